The van der Waals surface area contributed by atoms with Gasteiger partial charge in [0, 0.05) is 11.5 Å². The van der Waals surface area contributed by atoms with Crippen molar-refractivity contribution in [3.8, 4) is 11.1 Å². The minimum Gasteiger partial charge on any atom is -0.478 e. The summed E-state index contributed by atoms with van der Waals surface area (Å²) in [7, 11) is 0. The molecule has 0 radical (unpaired) electrons. The highest BCUT2D eigenvalue weighted by Gasteiger charge is 2.30. The van der Waals surface area contributed by atoms with Crippen molar-refractivity contribution >= 4 is 11.8 Å². The molecule has 0 aromatic heterocycles. The maximum absolute atomic E-state index is 12.3. The molecule has 0 bridgehead atoms. The van der Waals surface area contributed by atoms with Crippen molar-refractivity contribution in [1.82, 2.24) is 0 Å². The highest BCUT2D eigenvalue weighted by molar-refractivity contribution is 6.09. The molecular formula is C17H14O3. The number of hydrogen-bond acceptors (Lipinski definition) is 2. The van der Waals surface area contributed by atoms with Gasteiger partial charge in [-0.05, 0) is 29.2 Å². The summed E-state index contributed by atoms with van der Waals surface area (Å²) >= 11 is 0. The first kappa shape index (κ1) is 12.6. The lowest BCUT2D eigenvalue weighted by Gasteiger charge is -2.10. The van der Waals surface area contributed by atoms with Gasteiger partial charge in [0.25, 0.3) is 0 Å². The smallest absolute Gasteiger partial charge is 0.336 e. The molecule has 0 aliphatic heterocycles. The number of aromatic carboxylic acids is 1. The zero-order chi connectivity index (χ0) is 14.3. The van der Waals surface area contributed by atoms with Crippen molar-refractivity contribution in [1.29, 1.82) is 0 Å². The van der Waals surface area contributed by atoms with Crippen LogP contribution >= 0.6 is 0 Å². The van der Waals surface area contributed by atoms with Gasteiger partial charge in [0.1, 0.15) is 0 Å². The van der Waals surface area contributed by atoms with Gasteiger partial charge < -0.3 is 5.11 Å². The van der Waals surface area contributed by atoms with Gasteiger partial charge in [0.15, 0.2) is 5.78 Å². The van der Waals surface area contributed by atoms with Crippen molar-refractivity contribution in [3.63, 3.8) is 0 Å². The van der Waals surface area contributed by atoms with Crippen molar-refractivity contribution < 1.29 is 14.7 Å². The molecule has 0 spiro atoms. The average Bonchev–Trinajstić information content (AvgIpc) is 2.74. The van der Waals surface area contributed by atoms with Gasteiger partial charge in [-0.25, -0.2) is 4.79 Å². The minimum absolute atomic E-state index is 0.0249. The van der Waals surface area contributed by atoms with Gasteiger partial charge in [-0.1, -0.05) is 43.3 Å². The predicted octanol–water partition coefficient (Wildman–Crippen LogP) is 3.43. The molecule has 2 aromatic carbocycles. The first-order valence-electron chi connectivity index (χ1n) is 6.58. The van der Waals surface area contributed by atoms with Crippen LogP contribution in [0.15, 0.2) is 42.5 Å². The molecule has 100 valence electrons. The molecule has 0 saturated carbocycles. The van der Waals surface area contributed by atoms with E-state index in [9.17, 15) is 14.7 Å². The number of fused-ring (bicyclic) bond motifs is 1. The molecule has 0 heterocycles. The van der Waals surface area contributed by atoms with Gasteiger partial charge in [-0.3, -0.25) is 4.79 Å². The summed E-state index contributed by atoms with van der Waals surface area (Å²) in [6, 6.07) is 12.5. The largest absolute Gasteiger partial charge is 0.478 e. The zero-order valence-electron chi connectivity index (χ0n) is 11.1. The Bertz CT molecular complexity index is 716. The van der Waals surface area contributed by atoms with E-state index in [1.54, 1.807) is 24.3 Å². The molecule has 0 saturated heterocycles. The fraction of sp³-hybridized carbons (Fsp3) is 0.176. The number of benzene rings is 2. The highest BCUT2D eigenvalue weighted by atomic mass is 16.4. The van der Waals surface area contributed by atoms with Gasteiger partial charge in [-0.15, -0.1) is 0 Å². The van der Waals surface area contributed by atoms with Gasteiger partial charge >= 0.3 is 5.97 Å². The van der Waals surface area contributed by atoms with Crippen LogP contribution < -0.4 is 0 Å². The molecule has 3 heteroatoms. The number of carbonyl (C=O) groups is 2. The summed E-state index contributed by atoms with van der Waals surface area (Å²) in [6.07, 6.45) is 0.733. The molecular weight excluding hydrogens is 252 g/mol. The highest BCUT2D eigenvalue weighted by Crippen LogP contribution is 2.36. The lowest BCUT2D eigenvalue weighted by molar-refractivity contribution is 0.0697. The molecule has 0 amide bonds. The lowest BCUT2D eigenvalue weighted by Crippen LogP contribution is -2.06. The summed E-state index contributed by atoms with van der Waals surface area (Å²) in [5.74, 6) is -0.893. The van der Waals surface area contributed by atoms with E-state index in [1.807, 2.05) is 25.1 Å². The summed E-state index contributed by atoms with van der Waals surface area (Å²) in [5.41, 5.74) is 3.27. The van der Waals surface area contributed by atoms with E-state index in [-0.39, 0.29) is 17.3 Å². The Balaban J connectivity index is 2.26. The van der Waals surface area contributed by atoms with Gasteiger partial charge in [0.05, 0.1) is 5.56 Å². The summed E-state index contributed by atoms with van der Waals surface area (Å²) < 4.78 is 0. The second-order valence-electron chi connectivity index (χ2n) is 5.16. The van der Waals surface area contributed by atoms with Crippen LogP contribution in [-0.2, 0) is 6.42 Å². The summed E-state index contributed by atoms with van der Waals surface area (Å²) in [6.45, 7) is 1.91. The first-order valence-corrected chi connectivity index (χ1v) is 6.58. The zero-order valence-corrected chi connectivity index (χ0v) is 11.1. The maximum Gasteiger partial charge on any atom is 0.336 e. The van der Waals surface area contributed by atoms with E-state index in [0.29, 0.717) is 11.1 Å². The Morgan fingerprint density at radius 2 is 1.80 bits per heavy atom. The number of carboxylic acid groups (broad SMARTS) is 1. The number of Topliss-reactive ketones (excluding diaryl/α,β-unsaturated/α-hetero) is 1. The second kappa shape index (κ2) is 4.60. The first-order chi connectivity index (χ1) is 9.59. The van der Waals surface area contributed by atoms with Crippen LogP contribution in [0.1, 0.15) is 33.2 Å². The molecule has 1 unspecified atom stereocenters. The molecule has 20 heavy (non-hydrogen) atoms. The molecule has 1 aliphatic rings. The van der Waals surface area contributed by atoms with Gasteiger partial charge in [0.2, 0.25) is 0 Å². The summed E-state index contributed by atoms with van der Waals surface area (Å²) in [5, 5.41) is 9.31. The molecule has 3 rings (SSSR count). The average molecular weight is 266 g/mol. The topological polar surface area (TPSA) is 54.4 Å². The Kier molecular flexibility index (Phi) is 2.90. The van der Waals surface area contributed by atoms with Crippen molar-refractivity contribution in [2.75, 3.05) is 0 Å². The fourth-order valence-corrected chi connectivity index (χ4v) is 2.86. The normalized spacial score (nSPS) is 17.1. The molecule has 2 aromatic rings. The van der Waals surface area contributed by atoms with Crippen molar-refractivity contribution in [2.24, 2.45) is 5.92 Å². The Morgan fingerprint density at radius 1 is 1.10 bits per heavy atom. The molecule has 1 atom stereocenters. The second-order valence-corrected chi connectivity index (χ2v) is 5.16. The standard InChI is InChI=1S/C17H14O3/c1-10-9-11-5-4-8-13(15(11)16(10)18)12-6-2-3-7-14(12)17(19)20/h2-8,10H,9H2,1H3,(H,19,20). The molecule has 3 nitrogen and oxygen atoms in total. The summed E-state index contributed by atoms with van der Waals surface area (Å²) in [4.78, 5) is 23.7. The lowest BCUT2D eigenvalue weighted by atomic mass is 9.93. The van der Waals surface area contributed by atoms with E-state index in [2.05, 4.69) is 0 Å². The van der Waals surface area contributed by atoms with E-state index >= 15 is 0 Å². The van der Waals surface area contributed by atoms with Crippen molar-refractivity contribution in [2.45, 2.75) is 13.3 Å². The van der Waals surface area contributed by atoms with Crippen LogP contribution in [0.5, 0.6) is 0 Å². The fourth-order valence-electron chi connectivity index (χ4n) is 2.86. The van der Waals surface area contributed by atoms with Crippen LogP contribution in [0.2, 0.25) is 0 Å². The SMILES string of the molecule is CC1Cc2cccc(-c3ccccc3C(=O)O)c2C1=O. The van der Waals surface area contributed by atoms with Crippen molar-refractivity contribution in [3.05, 3.63) is 59.2 Å². The Labute approximate surface area is 116 Å². The van der Waals surface area contributed by atoms with E-state index in [0.717, 1.165) is 17.5 Å². The third-order valence-electron chi connectivity index (χ3n) is 3.82. The quantitative estimate of drug-likeness (QED) is 0.906. The number of hydrogen-bond donors (Lipinski definition) is 1. The van der Waals surface area contributed by atoms with E-state index in [1.165, 1.54) is 0 Å². The number of ketones is 1. The molecule has 1 N–H and O–H groups in total. The third-order valence-corrected chi connectivity index (χ3v) is 3.82. The van der Waals surface area contributed by atoms with Crippen LogP contribution in [-0.4, -0.2) is 16.9 Å². The van der Waals surface area contributed by atoms with E-state index < -0.39 is 5.97 Å². The van der Waals surface area contributed by atoms with E-state index in [4.69, 9.17) is 0 Å². The van der Waals surface area contributed by atoms with Crippen LogP contribution in [0.3, 0.4) is 0 Å². The number of carboxylic acids is 1. The Morgan fingerprint density at radius 3 is 2.55 bits per heavy atom. The van der Waals surface area contributed by atoms with Gasteiger partial charge in [-0.2, -0.15) is 0 Å². The monoisotopic (exact) mass is 266 g/mol. The van der Waals surface area contributed by atoms with Crippen LogP contribution in [0, 0.1) is 5.92 Å². The molecule has 1 aliphatic carbocycles. The van der Waals surface area contributed by atoms with Crippen LogP contribution in [0.25, 0.3) is 11.1 Å². The van der Waals surface area contributed by atoms with Crippen LogP contribution in [0.4, 0.5) is 0 Å². The number of rotatable bonds is 2. The minimum atomic E-state index is -0.975. The molecule has 0 fully saturated rings. The predicted molar refractivity (Wildman–Crippen MR) is 76.0 cm³/mol. The third kappa shape index (κ3) is 1.83. The number of carbonyl (C=O) groups excluding carboxylic acids is 1. The maximum atomic E-state index is 12.3. The Hall–Kier alpha value is -2.42.